The summed E-state index contributed by atoms with van der Waals surface area (Å²) in [7, 11) is 0. The molecule has 6 nitrogen and oxygen atoms in total. The minimum Gasteiger partial charge on any atom is -0.457 e. The van der Waals surface area contributed by atoms with Crippen molar-refractivity contribution in [1.29, 1.82) is 0 Å². The number of fused-ring (bicyclic) bond motifs is 18. The van der Waals surface area contributed by atoms with Gasteiger partial charge in [-0.25, -0.2) is 19.9 Å². The fourth-order valence-corrected chi connectivity index (χ4v) is 19.2. The van der Waals surface area contributed by atoms with Gasteiger partial charge in [-0.1, -0.05) is 370 Å². The molecule has 118 heavy (non-hydrogen) atoms. The second-order valence-corrected chi connectivity index (χ2v) is 30.9. The fourth-order valence-electron chi connectivity index (χ4n) is 19.2. The summed E-state index contributed by atoms with van der Waals surface area (Å²) in [4.78, 5) is 21.7. The van der Waals surface area contributed by atoms with E-state index < -0.39 is 10.8 Å². The Labute approximate surface area is 684 Å². The van der Waals surface area contributed by atoms with E-state index in [2.05, 4.69) is 419 Å². The molecule has 1 atom stereocenters. The van der Waals surface area contributed by atoms with Crippen LogP contribution in [-0.2, 0) is 10.8 Å². The number of aromatic nitrogens is 4. The molecule has 0 saturated heterocycles. The molecule has 2 spiro atoms. The normalized spacial score (nSPS) is 13.8. The summed E-state index contributed by atoms with van der Waals surface area (Å²) < 4.78 is 14.0. The summed E-state index contributed by atoms with van der Waals surface area (Å²) in [5.74, 6) is 4.65. The highest BCUT2D eigenvalue weighted by molar-refractivity contribution is 5.99. The molecule has 23 rings (SSSR count). The van der Waals surface area contributed by atoms with Gasteiger partial charge >= 0.3 is 0 Å². The van der Waals surface area contributed by atoms with E-state index in [4.69, 9.17) is 29.4 Å². The number of para-hydroxylation sites is 2. The van der Waals surface area contributed by atoms with E-state index in [-0.39, 0.29) is 0 Å². The van der Waals surface area contributed by atoms with Gasteiger partial charge in [0.05, 0.1) is 33.6 Å². The maximum Gasteiger partial charge on any atom is 0.160 e. The topological polar surface area (TPSA) is 70.0 Å². The number of benzene rings is 17. The van der Waals surface area contributed by atoms with Crippen LogP contribution in [0.5, 0.6) is 23.0 Å². The predicted octanol–water partition coefficient (Wildman–Crippen LogP) is 28.2. The molecule has 19 aromatic rings. The second kappa shape index (κ2) is 27.7. The molecule has 2 aliphatic carbocycles. The van der Waals surface area contributed by atoms with E-state index in [1.807, 2.05) is 6.07 Å². The summed E-state index contributed by atoms with van der Waals surface area (Å²) in [6.45, 7) is 0. The maximum atomic E-state index is 7.12. The molecule has 0 radical (unpaired) electrons. The summed E-state index contributed by atoms with van der Waals surface area (Å²) >= 11 is 0. The number of rotatable bonds is 12. The molecule has 4 aliphatic rings. The first kappa shape index (κ1) is 68.1. The van der Waals surface area contributed by atoms with E-state index in [0.717, 1.165) is 168 Å². The van der Waals surface area contributed by atoms with Crippen molar-refractivity contribution >= 4 is 0 Å². The Balaban J connectivity index is 0.607. The lowest BCUT2D eigenvalue weighted by atomic mass is 9.65. The SMILES string of the molecule is c1ccc(-c2ccc(-c3cc(-c4ccccc4-c4ccc5c(c4)C4(c6ccccc6O5)c5ccccc5-c5c(-c6cccc(-c7ccc(-c8cc(-c9ccccc9-c9ccc%10c(c9)C9(c%11ccccc%11O%10)c%10ccccc%10-c%10ccccc%109)nc(-c9ccccc9)n8)cc7)c6)cccc54)nc(-c4ccc(-c5ccccc5)cc4)n3)cc2)cc1. The maximum absolute atomic E-state index is 7.12. The van der Waals surface area contributed by atoms with Crippen LogP contribution < -0.4 is 9.47 Å². The van der Waals surface area contributed by atoms with Crippen LogP contribution in [0.25, 0.3) is 157 Å². The van der Waals surface area contributed by atoms with Crippen molar-refractivity contribution in [2.24, 2.45) is 0 Å². The third kappa shape index (κ3) is 10.9. The quantitative estimate of drug-likeness (QED) is 0.121. The molecule has 1 unspecified atom stereocenters. The summed E-state index contributed by atoms with van der Waals surface area (Å²) in [6, 6.07) is 153. The number of ether oxygens (including phenoxy) is 2. The Kier molecular flexibility index (Phi) is 16.0. The first-order valence-electron chi connectivity index (χ1n) is 40.3. The molecule has 17 aromatic carbocycles. The van der Waals surface area contributed by atoms with Gasteiger partial charge < -0.3 is 9.47 Å². The molecule has 0 bridgehead atoms. The van der Waals surface area contributed by atoms with E-state index in [1.54, 1.807) is 0 Å². The Morgan fingerprint density at radius 1 is 0.153 bits per heavy atom. The van der Waals surface area contributed by atoms with Crippen LogP contribution in [0.1, 0.15) is 44.5 Å². The van der Waals surface area contributed by atoms with Gasteiger partial charge in [-0.3, -0.25) is 0 Å². The lowest BCUT2D eigenvalue weighted by Gasteiger charge is -2.39. The molecule has 550 valence electrons. The minimum atomic E-state index is -0.773. The monoisotopic (exact) mass is 1500 g/mol. The highest BCUT2D eigenvalue weighted by Gasteiger charge is 2.53. The molecule has 2 aliphatic heterocycles. The lowest BCUT2D eigenvalue weighted by molar-refractivity contribution is 0.436. The van der Waals surface area contributed by atoms with Crippen molar-refractivity contribution < 1.29 is 9.47 Å². The Hall–Kier alpha value is -15.5. The van der Waals surface area contributed by atoms with Crippen LogP contribution in [0, 0.1) is 0 Å². The first-order valence-corrected chi connectivity index (χ1v) is 40.3. The molecule has 0 amide bonds. The first-order chi connectivity index (χ1) is 58.5. The zero-order valence-corrected chi connectivity index (χ0v) is 64.0. The molecule has 0 fully saturated rings. The summed E-state index contributed by atoms with van der Waals surface area (Å²) in [6.07, 6.45) is 0. The van der Waals surface area contributed by atoms with Gasteiger partial charge in [0.15, 0.2) is 11.6 Å². The van der Waals surface area contributed by atoms with E-state index in [0.29, 0.717) is 11.6 Å². The highest BCUT2D eigenvalue weighted by atomic mass is 16.5. The summed E-state index contributed by atoms with van der Waals surface area (Å²) in [5, 5.41) is 0. The van der Waals surface area contributed by atoms with Gasteiger partial charge in [-0.15, -0.1) is 0 Å². The highest BCUT2D eigenvalue weighted by Crippen LogP contribution is 2.66. The van der Waals surface area contributed by atoms with Crippen LogP contribution in [0.15, 0.2) is 425 Å². The average molecular weight is 1500 g/mol. The van der Waals surface area contributed by atoms with Crippen LogP contribution >= 0.6 is 0 Å². The third-order valence-electron chi connectivity index (χ3n) is 24.5. The predicted molar refractivity (Wildman–Crippen MR) is 478 cm³/mol. The van der Waals surface area contributed by atoms with E-state index >= 15 is 0 Å². The van der Waals surface area contributed by atoms with Crippen LogP contribution in [0.2, 0.25) is 0 Å². The van der Waals surface area contributed by atoms with E-state index in [9.17, 15) is 0 Å². The standard InChI is InChI=1S/C112H70N4O2/c1-4-26-71(27-5-1)73-50-56-76(57-51-73)101-70-103(116-110(114-101)79-60-54-74(55-61-79)72-28-6-2-7-29-72)90-39-13-11-35-85(90)83-63-65-107-99(68-83)112(96-46-21-23-49-105(96)118-107)94-44-19-16-40-91(94)108-86(41-25-47-97(108)112)81-33-24-32-80(66-81)75-52-58-77(59-53-75)100-69-102(115-109(113-100)78-30-8-3-9-31-78)89-38-12-10-34-84(89)82-62-64-106-98(67-82)111(95-45-20-22-48-104(95)117-106)92-42-17-14-36-87(92)88-37-15-18-43-93(88)111/h1-70H. The molecule has 0 N–H and O–H groups in total. The van der Waals surface area contributed by atoms with Crippen LogP contribution in [0.3, 0.4) is 0 Å². The van der Waals surface area contributed by atoms with Crippen LogP contribution in [-0.4, -0.2) is 19.9 Å². The van der Waals surface area contributed by atoms with Gasteiger partial charge in [0.1, 0.15) is 23.0 Å². The van der Waals surface area contributed by atoms with E-state index in [1.165, 1.54) is 44.5 Å². The zero-order valence-electron chi connectivity index (χ0n) is 64.0. The minimum absolute atomic E-state index is 0.610. The van der Waals surface area contributed by atoms with Crippen LogP contribution in [0.4, 0.5) is 0 Å². The van der Waals surface area contributed by atoms with Crippen molar-refractivity contribution in [3.8, 4) is 180 Å². The lowest BCUT2D eigenvalue weighted by Crippen LogP contribution is -2.32. The van der Waals surface area contributed by atoms with Gasteiger partial charge in [0.25, 0.3) is 0 Å². The Bertz CT molecular complexity index is 7080. The molecule has 2 aromatic heterocycles. The van der Waals surface area contributed by atoms with Crippen molar-refractivity contribution in [3.05, 3.63) is 469 Å². The summed E-state index contributed by atoms with van der Waals surface area (Å²) in [5.41, 5.74) is 35.2. The van der Waals surface area contributed by atoms with Gasteiger partial charge in [0.2, 0.25) is 0 Å². The smallest absolute Gasteiger partial charge is 0.160 e. The van der Waals surface area contributed by atoms with Crippen molar-refractivity contribution in [1.82, 2.24) is 19.9 Å². The van der Waals surface area contributed by atoms with Gasteiger partial charge in [-0.2, -0.15) is 0 Å². The molecule has 4 heterocycles. The second-order valence-electron chi connectivity index (χ2n) is 30.9. The molecular formula is C112H70N4O2. The largest absolute Gasteiger partial charge is 0.457 e. The number of hydrogen-bond donors (Lipinski definition) is 0. The average Bonchev–Trinajstić information content (AvgIpc) is 1.50. The number of nitrogens with zero attached hydrogens (tertiary/aromatic N) is 4. The van der Waals surface area contributed by atoms with Crippen molar-refractivity contribution in [2.45, 2.75) is 10.8 Å². The Morgan fingerprint density at radius 3 is 0.932 bits per heavy atom. The molecular weight excluding hydrogens is 1430 g/mol. The Morgan fingerprint density at radius 2 is 0.441 bits per heavy atom. The molecule has 6 heteroatoms. The number of hydrogen-bond acceptors (Lipinski definition) is 6. The van der Waals surface area contributed by atoms with Crippen molar-refractivity contribution in [3.63, 3.8) is 0 Å². The zero-order chi connectivity index (χ0) is 77.8. The van der Waals surface area contributed by atoms with Crippen molar-refractivity contribution in [2.75, 3.05) is 0 Å². The third-order valence-corrected chi connectivity index (χ3v) is 24.5. The molecule has 0 saturated carbocycles. The fraction of sp³-hybridized carbons (Fsp3) is 0.0179. The van der Waals surface area contributed by atoms with Gasteiger partial charge in [-0.05, 0) is 166 Å². The van der Waals surface area contributed by atoms with Gasteiger partial charge in [0, 0.05) is 55.6 Å².